The lowest BCUT2D eigenvalue weighted by Crippen LogP contribution is -2.11. The van der Waals surface area contributed by atoms with Gasteiger partial charge in [-0.05, 0) is 39.0 Å². The molecule has 1 unspecified atom stereocenters. The summed E-state index contributed by atoms with van der Waals surface area (Å²) in [6.45, 7) is 5.99. The molecule has 0 fully saturated rings. The standard InChI is InChI=1S/C16H17FN4/c1-10-7-16-18-9-15(12(3)21(16)20-10)11(2)19-14-6-4-5-13(17)8-14/h4-9,11,19H,1-3H3. The summed E-state index contributed by atoms with van der Waals surface area (Å²) < 4.78 is 15.1. The maximum Gasteiger partial charge on any atom is 0.155 e. The molecule has 0 spiro atoms. The molecule has 1 N–H and O–H groups in total. The topological polar surface area (TPSA) is 42.2 Å². The van der Waals surface area contributed by atoms with Crippen molar-refractivity contribution in [1.29, 1.82) is 0 Å². The second-order valence-corrected chi connectivity index (χ2v) is 5.23. The number of nitrogens with zero attached hydrogens (tertiary/aromatic N) is 3. The molecular weight excluding hydrogens is 267 g/mol. The Kier molecular flexibility index (Phi) is 3.33. The molecule has 1 atom stereocenters. The van der Waals surface area contributed by atoms with Gasteiger partial charge in [-0.1, -0.05) is 6.07 Å². The van der Waals surface area contributed by atoms with Crippen molar-refractivity contribution in [2.45, 2.75) is 26.8 Å². The van der Waals surface area contributed by atoms with E-state index >= 15 is 0 Å². The van der Waals surface area contributed by atoms with Gasteiger partial charge in [-0.2, -0.15) is 5.10 Å². The van der Waals surface area contributed by atoms with Crippen molar-refractivity contribution in [3.05, 3.63) is 59.3 Å². The van der Waals surface area contributed by atoms with E-state index in [4.69, 9.17) is 0 Å². The third-order valence-corrected chi connectivity index (χ3v) is 3.56. The quantitative estimate of drug-likeness (QED) is 0.798. The van der Waals surface area contributed by atoms with Crippen LogP contribution in [-0.2, 0) is 0 Å². The molecule has 0 saturated carbocycles. The summed E-state index contributed by atoms with van der Waals surface area (Å²) in [6, 6.07) is 8.40. The Morgan fingerprint density at radius 1 is 1.24 bits per heavy atom. The highest BCUT2D eigenvalue weighted by Gasteiger charge is 2.13. The van der Waals surface area contributed by atoms with Crippen LogP contribution < -0.4 is 5.32 Å². The van der Waals surface area contributed by atoms with Gasteiger partial charge >= 0.3 is 0 Å². The fraction of sp³-hybridized carbons (Fsp3) is 0.250. The minimum atomic E-state index is -0.250. The third kappa shape index (κ3) is 2.59. The number of hydrogen-bond acceptors (Lipinski definition) is 3. The monoisotopic (exact) mass is 284 g/mol. The van der Waals surface area contributed by atoms with E-state index in [-0.39, 0.29) is 11.9 Å². The number of hydrogen-bond donors (Lipinski definition) is 1. The Morgan fingerprint density at radius 2 is 2.05 bits per heavy atom. The lowest BCUT2D eigenvalue weighted by Gasteiger charge is -2.18. The molecule has 3 aromatic rings. The van der Waals surface area contributed by atoms with Crippen LogP contribution in [0, 0.1) is 19.7 Å². The van der Waals surface area contributed by atoms with E-state index < -0.39 is 0 Å². The molecule has 0 radical (unpaired) electrons. The van der Waals surface area contributed by atoms with Crippen LogP contribution in [0.1, 0.15) is 29.9 Å². The number of nitrogens with one attached hydrogen (secondary N) is 1. The van der Waals surface area contributed by atoms with Gasteiger partial charge in [0.2, 0.25) is 0 Å². The molecule has 4 nitrogen and oxygen atoms in total. The predicted octanol–water partition coefficient (Wildman–Crippen LogP) is 3.66. The Morgan fingerprint density at radius 3 is 2.81 bits per heavy atom. The molecular formula is C16H17FN4. The van der Waals surface area contributed by atoms with Crippen LogP contribution in [0.15, 0.2) is 36.5 Å². The Bertz CT molecular complexity index is 794. The largest absolute Gasteiger partial charge is 0.378 e. The third-order valence-electron chi connectivity index (χ3n) is 3.56. The zero-order chi connectivity index (χ0) is 15.0. The molecule has 0 aliphatic rings. The van der Waals surface area contributed by atoms with Crippen molar-refractivity contribution >= 4 is 11.3 Å². The smallest absolute Gasteiger partial charge is 0.155 e. The molecule has 0 amide bonds. The van der Waals surface area contributed by atoms with E-state index in [1.54, 1.807) is 6.07 Å². The van der Waals surface area contributed by atoms with E-state index in [2.05, 4.69) is 15.4 Å². The lowest BCUT2D eigenvalue weighted by molar-refractivity contribution is 0.628. The number of fused-ring (bicyclic) bond motifs is 1. The highest BCUT2D eigenvalue weighted by Crippen LogP contribution is 2.22. The van der Waals surface area contributed by atoms with Crippen molar-refractivity contribution in [3.8, 4) is 0 Å². The number of aromatic nitrogens is 3. The molecule has 108 valence electrons. The summed E-state index contributed by atoms with van der Waals surface area (Å²) in [4.78, 5) is 4.43. The molecule has 3 rings (SSSR count). The number of aryl methyl sites for hydroxylation is 2. The highest BCUT2D eigenvalue weighted by atomic mass is 19.1. The molecule has 2 heterocycles. The molecule has 2 aromatic heterocycles. The maximum absolute atomic E-state index is 13.2. The molecule has 0 saturated heterocycles. The van der Waals surface area contributed by atoms with E-state index in [0.717, 1.165) is 28.3 Å². The number of halogens is 1. The van der Waals surface area contributed by atoms with Gasteiger partial charge in [0.05, 0.1) is 11.7 Å². The first-order chi connectivity index (χ1) is 10.0. The van der Waals surface area contributed by atoms with Gasteiger partial charge in [0.15, 0.2) is 5.65 Å². The Hall–Kier alpha value is -2.43. The van der Waals surface area contributed by atoms with Crippen molar-refractivity contribution in [2.24, 2.45) is 0 Å². The number of benzene rings is 1. The van der Waals surface area contributed by atoms with Crippen LogP contribution in [0.4, 0.5) is 10.1 Å². The van der Waals surface area contributed by atoms with Gasteiger partial charge in [-0.25, -0.2) is 13.9 Å². The van der Waals surface area contributed by atoms with Crippen molar-refractivity contribution in [3.63, 3.8) is 0 Å². The highest BCUT2D eigenvalue weighted by molar-refractivity contribution is 5.47. The molecule has 0 aliphatic carbocycles. The fourth-order valence-electron chi connectivity index (χ4n) is 2.51. The first kappa shape index (κ1) is 13.5. The normalized spacial score (nSPS) is 12.6. The van der Waals surface area contributed by atoms with Gasteiger partial charge < -0.3 is 5.32 Å². The predicted molar refractivity (Wildman–Crippen MR) is 80.9 cm³/mol. The van der Waals surface area contributed by atoms with Crippen LogP contribution in [0.25, 0.3) is 5.65 Å². The zero-order valence-corrected chi connectivity index (χ0v) is 12.3. The Balaban J connectivity index is 1.94. The molecule has 1 aromatic carbocycles. The summed E-state index contributed by atoms with van der Waals surface area (Å²) in [5.41, 5.74) is 4.60. The van der Waals surface area contributed by atoms with E-state index in [1.165, 1.54) is 12.1 Å². The first-order valence-corrected chi connectivity index (χ1v) is 6.88. The van der Waals surface area contributed by atoms with E-state index in [1.807, 2.05) is 43.6 Å². The zero-order valence-electron chi connectivity index (χ0n) is 12.3. The minimum Gasteiger partial charge on any atom is -0.378 e. The summed E-state index contributed by atoms with van der Waals surface area (Å²) in [5, 5.41) is 7.73. The van der Waals surface area contributed by atoms with E-state index in [9.17, 15) is 4.39 Å². The Labute approximate surface area is 122 Å². The molecule has 5 heteroatoms. The van der Waals surface area contributed by atoms with E-state index in [0.29, 0.717) is 0 Å². The molecule has 0 bridgehead atoms. The van der Waals surface area contributed by atoms with Crippen LogP contribution in [0.2, 0.25) is 0 Å². The van der Waals surface area contributed by atoms with Crippen LogP contribution in [-0.4, -0.2) is 14.6 Å². The second-order valence-electron chi connectivity index (χ2n) is 5.23. The average molecular weight is 284 g/mol. The van der Waals surface area contributed by atoms with Crippen molar-refractivity contribution in [1.82, 2.24) is 14.6 Å². The summed E-state index contributed by atoms with van der Waals surface area (Å²) >= 11 is 0. The minimum absolute atomic E-state index is 0.00760. The molecule has 0 aliphatic heterocycles. The van der Waals surface area contributed by atoms with Crippen LogP contribution >= 0.6 is 0 Å². The van der Waals surface area contributed by atoms with Gasteiger partial charge in [0.1, 0.15) is 5.82 Å². The SMILES string of the molecule is Cc1cc2ncc(C(C)Nc3cccc(F)c3)c(C)n2n1. The van der Waals surface area contributed by atoms with Crippen LogP contribution in [0.5, 0.6) is 0 Å². The van der Waals surface area contributed by atoms with Crippen molar-refractivity contribution in [2.75, 3.05) is 5.32 Å². The fourth-order valence-corrected chi connectivity index (χ4v) is 2.51. The van der Waals surface area contributed by atoms with Crippen LogP contribution in [0.3, 0.4) is 0 Å². The molecule has 21 heavy (non-hydrogen) atoms. The summed E-state index contributed by atoms with van der Waals surface area (Å²) in [7, 11) is 0. The van der Waals surface area contributed by atoms with Gasteiger partial charge in [0.25, 0.3) is 0 Å². The lowest BCUT2D eigenvalue weighted by atomic mass is 10.1. The van der Waals surface area contributed by atoms with Gasteiger partial charge in [-0.15, -0.1) is 0 Å². The number of anilines is 1. The second kappa shape index (κ2) is 5.16. The van der Waals surface area contributed by atoms with Crippen molar-refractivity contribution < 1.29 is 4.39 Å². The average Bonchev–Trinajstić information content (AvgIpc) is 2.80. The van der Waals surface area contributed by atoms with Gasteiger partial charge in [-0.3, -0.25) is 0 Å². The summed E-state index contributed by atoms with van der Waals surface area (Å²) in [5.74, 6) is -0.250. The summed E-state index contributed by atoms with van der Waals surface area (Å²) in [6.07, 6.45) is 1.85. The first-order valence-electron chi connectivity index (χ1n) is 6.88. The maximum atomic E-state index is 13.2. The number of rotatable bonds is 3. The van der Waals surface area contributed by atoms with Gasteiger partial charge in [0, 0.05) is 29.2 Å².